The Morgan fingerprint density at radius 2 is 2.00 bits per heavy atom. The van der Waals surface area contributed by atoms with E-state index in [0.717, 1.165) is 24.5 Å². The third-order valence-electron chi connectivity index (χ3n) is 4.92. The van der Waals surface area contributed by atoms with Gasteiger partial charge in [-0.25, -0.2) is 0 Å². The van der Waals surface area contributed by atoms with Crippen LogP contribution in [-0.2, 0) is 4.79 Å². The summed E-state index contributed by atoms with van der Waals surface area (Å²) in [4.78, 5) is 25.0. The molecule has 8 nitrogen and oxygen atoms in total. The van der Waals surface area contributed by atoms with Crippen LogP contribution in [0.2, 0.25) is 0 Å². The number of anilines is 1. The number of hydrogen-bond acceptors (Lipinski definition) is 6. The smallest absolute Gasteiger partial charge is 0.269 e. The van der Waals surface area contributed by atoms with Crippen molar-refractivity contribution in [3.8, 4) is 11.5 Å². The van der Waals surface area contributed by atoms with Gasteiger partial charge in [-0.05, 0) is 43.7 Å². The molecule has 1 aliphatic heterocycles. The molecule has 1 unspecified atom stereocenters. The molecule has 30 heavy (non-hydrogen) atoms. The fourth-order valence-corrected chi connectivity index (χ4v) is 3.43. The molecule has 0 radical (unpaired) electrons. The number of aryl methyl sites for hydroxylation is 1. The zero-order valence-electron chi connectivity index (χ0n) is 17.3. The molecule has 0 fully saturated rings. The van der Waals surface area contributed by atoms with E-state index in [2.05, 4.69) is 17.1 Å². The number of ether oxygens (including phenoxy) is 2. The molecule has 3 rings (SSSR count). The quantitative estimate of drug-likeness (QED) is 0.497. The molecule has 0 saturated carbocycles. The minimum Gasteiger partial charge on any atom is -0.486 e. The number of non-ortho nitro benzene ring substituents is 1. The highest BCUT2D eigenvalue weighted by atomic mass is 16.6. The van der Waals surface area contributed by atoms with Gasteiger partial charge in [0.25, 0.3) is 5.69 Å². The molecule has 1 aliphatic rings. The first kappa shape index (κ1) is 21.6. The van der Waals surface area contributed by atoms with Gasteiger partial charge in [-0.2, -0.15) is 0 Å². The molecule has 1 heterocycles. The highest BCUT2D eigenvalue weighted by molar-refractivity contribution is 5.91. The Kier molecular flexibility index (Phi) is 7.24. The molecule has 0 bridgehead atoms. The van der Waals surface area contributed by atoms with Crippen LogP contribution in [-0.4, -0.2) is 48.1 Å². The van der Waals surface area contributed by atoms with Gasteiger partial charge in [0.2, 0.25) is 5.91 Å². The molecule has 1 N–H and O–H groups in total. The first-order valence-corrected chi connectivity index (χ1v) is 10.1. The molecule has 0 aliphatic carbocycles. The van der Waals surface area contributed by atoms with Crippen LogP contribution in [0.4, 0.5) is 11.4 Å². The second-order valence-corrected chi connectivity index (χ2v) is 7.35. The number of nitrogens with one attached hydrogen (secondary N) is 1. The van der Waals surface area contributed by atoms with Crippen LogP contribution in [0.1, 0.15) is 25.3 Å². The summed E-state index contributed by atoms with van der Waals surface area (Å²) in [5.74, 6) is 1.38. The van der Waals surface area contributed by atoms with Gasteiger partial charge in [0, 0.05) is 37.3 Å². The number of carbonyl (C=O) groups excluding carboxylic acids is 1. The molecular weight excluding hydrogens is 386 g/mol. The van der Waals surface area contributed by atoms with Crippen molar-refractivity contribution >= 4 is 17.3 Å². The lowest BCUT2D eigenvalue weighted by atomic mass is 10.1. The second kappa shape index (κ2) is 10.1. The summed E-state index contributed by atoms with van der Waals surface area (Å²) in [6.07, 6.45) is 1.19. The molecule has 1 amide bonds. The number of nitro groups is 1. The lowest BCUT2D eigenvalue weighted by Crippen LogP contribution is -2.42. The summed E-state index contributed by atoms with van der Waals surface area (Å²) in [5, 5.41) is 13.7. The van der Waals surface area contributed by atoms with Crippen LogP contribution >= 0.6 is 0 Å². The fraction of sp³-hybridized carbons (Fsp3) is 0.409. The lowest BCUT2D eigenvalue weighted by molar-refractivity contribution is -0.384. The maximum absolute atomic E-state index is 12.4. The predicted molar refractivity (Wildman–Crippen MR) is 114 cm³/mol. The molecule has 1 atom stereocenters. The Morgan fingerprint density at radius 3 is 2.70 bits per heavy atom. The van der Waals surface area contributed by atoms with E-state index in [0.29, 0.717) is 37.4 Å². The average molecular weight is 413 g/mol. The third kappa shape index (κ3) is 5.70. The normalized spacial score (nSPS) is 15.1. The number of nitrogens with zero attached hydrogens (tertiary/aromatic N) is 2. The van der Waals surface area contributed by atoms with Crippen LogP contribution < -0.4 is 14.8 Å². The Labute approximate surface area is 175 Å². The summed E-state index contributed by atoms with van der Waals surface area (Å²) in [7, 11) is 0. The number of amides is 1. The Hall–Kier alpha value is -3.13. The van der Waals surface area contributed by atoms with Gasteiger partial charge in [0.1, 0.15) is 12.7 Å². The molecule has 2 aromatic rings. The maximum atomic E-state index is 12.4. The summed E-state index contributed by atoms with van der Waals surface area (Å²) in [6.45, 7) is 6.43. The number of carbonyl (C=O) groups is 1. The summed E-state index contributed by atoms with van der Waals surface area (Å²) >= 11 is 0. The Bertz CT molecular complexity index is 902. The number of hydrogen-bond donors (Lipinski definition) is 1. The van der Waals surface area contributed by atoms with E-state index in [1.54, 1.807) is 13.0 Å². The number of benzene rings is 2. The van der Waals surface area contributed by atoms with Crippen molar-refractivity contribution in [2.75, 3.05) is 31.6 Å². The van der Waals surface area contributed by atoms with E-state index in [9.17, 15) is 14.9 Å². The SMILES string of the molecule is CCCN(CCC(=O)Nc1ccc([N+](=O)[O-])cc1C)CC1COc2ccccc2O1. The van der Waals surface area contributed by atoms with Crippen LogP contribution in [0.3, 0.4) is 0 Å². The highest BCUT2D eigenvalue weighted by Gasteiger charge is 2.23. The van der Waals surface area contributed by atoms with E-state index in [4.69, 9.17) is 9.47 Å². The van der Waals surface area contributed by atoms with E-state index in [1.807, 2.05) is 24.3 Å². The van der Waals surface area contributed by atoms with Gasteiger partial charge in [0.15, 0.2) is 11.5 Å². The van der Waals surface area contributed by atoms with Crippen LogP contribution in [0.15, 0.2) is 42.5 Å². The van der Waals surface area contributed by atoms with Gasteiger partial charge in [-0.1, -0.05) is 19.1 Å². The zero-order valence-corrected chi connectivity index (χ0v) is 17.3. The minimum absolute atomic E-state index is 0.0101. The summed E-state index contributed by atoms with van der Waals surface area (Å²) < 4.78 is 11.8. The zero-order chi connectivity index (χ0) is 21.5. The summed E-state index contributed by atoms with van der Waals surface area (Å²) in [6, 6.07) is 12.0. The summed E-state index contributed by atoms with van der Waals surface area (Å²) in [5.41, 5.74) is 1.26. The van der Waals surface area contributed by atoms with Gasteiger partial charge >= 0.3 is 0 Å². The monoisotopic (exact) mass is 413 g/mol. The lowest BCUT2D eigenvalue weighted by Gasteiger charge is -2.31. The number of fused-ring (bicyclic) bond motifs is 1. The molecule has 0 spiro atoms. The molecule has 2 aromatic carbocycles. The van der Waals surface area contributed by atoms with E-state index < -0.39 is 4.92 Å². The molecular formula is C22H27N3O5. The molecule has 0 saturated heterocycles. The van der Waals surface area contributed by atoms with E-state index in [-0.39, 0.29) is 17.7 Å². The largest absolute Gasteiger partial charge is 0.486 e. The topological polar surface area (TPSA) is 93.9 Å². The van der Waals surface area contributed by atoms with Gasteiger partial charge in [-0.3, -0.25) is 19.8 Å². The van der Waals surface area contributed by atoms with Crippen molar-refractivity contribution < 1.29 is 19.2 Å². The standard InChI is InChI=1S/C22H27N3O5/c1-3-11-24(14-18-15-29-20-6-4-5-7-21(20)30-18)12-10-22(26)23-19-9-8-17(25(27)28)13-16(19)2/h4-9,13,18H,3,10-12,14-15H2,1-2H3,(H,23,26). The number of nitro benzene ring substituents is 1. The Morgan fingerprint density at radius 1 is 1.23 bits per heavy atom. The van der Waals surface area contributed by atoms with Gasteiger partial charge < -0.3 is 14.8 Å². The molecule has 160 valence electrons. The highest BCUT2D eigenvalue weighted by Crippen LogP contribution is 2.31. The van der Waals surface area contributed by atoms with Crippen molar-refractivity contribution in [1.29, 1.82) is 0 Å². The maximum Gasteiger partial charge on any atom is 0.269 e. The van der Waals surface area contributed by atoms with Gasteiger partial charge in [-0.15, -0.1) is 0 Å². The average Bonchev–Trinajstić information content (AvgIpc) is 2.73. The Balaban J connectivity index is 1.52. The number of rotatable bonds is 9. The van der Waals surface area contributed by atoms with Crippen molar-refractivity contribution in [2.24, 2.45) is 0 Å². The number of para-hydroxylation sites is 2. The first-order chi connectivity index (χ1) is 14.5. The van der Waals surface area contributed by atoms with Crippen LogP contribution in [0.25, 0.3) is 0 Å². The van der Waals surface area contributed by atoms with E-state index >= 15 is 0 Å². The van der Waals surface area contributed by atoms with E-state index in [1.165, 1.54) is 12.1 Å². The molecule has 0 aromatic heterocycles. The minimum atomic E-state index is -0.448. The first-order valence-electron chi connectivity index (χ1n) is 10.1. The second-order valence-electron chi connectivity index (χ2n) is 7.35. The predicted octanol–water partition coefficient (Wildman–Crippen LogP) is 3.78. The van der Waals surface area contributed by atoms with Gasteiger partial charge in [0.05, 0.1) is 4.92 Å². The van der Waals surface area contributed by atoms with Crippen molar-refractivity contribution in [1.82, 2.24) is 4.90 Å². The molecule has 8 heteroatoms. The van der Waals surface area contributed by atoms with Crippen molar-refractivity contribution in [2.45, 2.75) is 32.8 Å². The van der Waals surface area contributed by atoms with Crippen molar-refractivity contribution in [3.63, 3.8) is 0 Å². The fourth-order valence-electron chi connectivity index (χ4n) is 3.43. The van der Waals surface area contributed by atoms with Crippen molar-refractivity contribution in [3.05, 3.63) is 58.1 Å². The van der Waals surface area contributed by atoms with Crippen LogP contribution in [0.5, 0.6) is 11.5 Å². The van der Waals surface area contributed by atoms with Crippen LogP contribution in [0, 0.1) is 17.0 Å². The third-order valence-corrected chi connectivity index (χ3v) is 4.92.